The Bertz CT molecular complexity index is 586. The van der Waals surface area contributed by atoms with Gasteiger partial charge in [-0.15, -0.1) is 0 Å². The van der Waals surface area contributed by atoms with Gasteiger partial charge in [-0.2, -0.15) is 4.98 Å². The second kappa shape index (κ2) is 7.47. The highest BCUT2D eigenvalue weighted by atomic mass is 16.5. The van der Waals surface area contributed by atoms with Crippen molar-refractivity contribution in [1.82, 2.24) is 9.97 Å². The maximum atomic E-state index is 5.23. The number of nitrogens with one attached hydrogen (secondary N) is 2. The van der Waals surface area contributed by atoms with Gasteiger partial charge >= 0.3 is 0 Å². The number of rotatable bonds is 7. The zero-order valence-electron chi connectivity index (χ0n) is 12.8. The fourth-order valence-corrected chi connectivity index (χ4v) is 2.02. The summed E-state index contributed by atoms with van der Waals surface area (Å²) in [6.07, 6.45) is 2.75. The Balaban J connectivity index is 1.94. The number of aryl methyl sites for hydroxylation is 1. The van der Waals surface area contributed by atoms with E-state index in [1.165, 1.54) is 5.56 Å². The molecule has 0 fully saturated rings. The Hall–Kier alpha value is -2.30. The Labute approximate surface area is 125 Å². The van der Waals surface area contributed by atoms with Crippen LogP contribution in [0, 0.1) is 6.92 Å². The van der Waals surface area contributed by atoms with E-state index in [0.717, 1.165) is 36.6 Å². The molecule has 0 bridgehead atoms. The monoisotopic (exact) mass is 286 g/mol. The summed E-state index contributed by atoms with van der Waals surface area (Å²) in [6, 6.07) is 8.11. The van der Waals surface area contributed by atoms with Crippen LogP contribution in [-0.4, -0.2) is 30.2 Å². The highest BCUT2D eigenvalue weighted by molar-refractivity contribution is 5.46. The van der Waals surface area contributed by atoms with E-state index in [1.807, 2.05) is 32.2 Å². The summed E-state index contributed by atoms with van der Waals surface area (Å²) in [7, 11) is 1.68. The largest absolute Gasteiger partial charge is 0.497 e. The van der Waals surface area contributed by atoms with Crippen molar-refractivity contribution in [2.24, 2.45) is 0 Å². The Kier molecular flexibility index (Phi) is 5.37. The van der Waals surface area contributed by atoms with Crippen LogP contribution in [-0.2, 0) is 6.42 Å². The summed E-state index contributed by atoms with van der Waals surface area (Å²) >= 11 is 0. The maximum absolute atomic E-state index is 5.23. The van der Waals surface area contributed by atoms with Crippen LogP contribution in [0.25, 0.3) is 0 Å². The normalized spacial score (nSPS) is 10.2. The molecule has 1 aromatic carbocycles. The first kappa shape index (κ1) is 15.1. The molecule has 1 aromatic heterocycles. The van der Waals surface area contributed by atoms with Crippen LogP contribution >= 0.6 is 0 Å². The van der Waals surface area contributed by atoms with Crippen molar-refractivity contribution >= 4 is 11.8 Å². The van der Waals surface area contributed by atoms with Crippen LogP contribution < -0.4 is 15.4 Å². The summed E-state index contributed by atoms with van der Waals surface area (Å²) in [5, 5.41) is 6.49. The molecule has 0 amide bonds. The molecular weight excluding hydrogens is 264 g/mol. The lowest BCUT2D eigenvalue weighted by Gasteiger charge is -2.10. The Morgan fingerprint density at radius 1 is 1.24 bits per heavy atom. The molecule has 1 heterocycles. The molecule has 0 radical (unpaired) electrons. The van der Waals surface area contributed by atoms with Gasteiger partial charge < -0.3 is 15.4 Å². The summed E-state index contributed by atoms with van der Waals surface area (Å²) in [5.74, 6) is 2.43. The average molecular weight is 286 g/mol. The standard InChI is InChI=1S/C16H22N4O/c1-4-17-16-19-11-12(2)15(20-16)18-9-8-13-6-5-7-14(10-13)21-3/h5-7,10-11H,4,8-9H2,1-3H3,(H2,17,18,19,20). The molecule has 5 heteroatoms. The number of hydrogen-bond donors (Lipinski definition) is 2. The molecule has 2 aromatic rings. The molecule has 0 spiro atoms. The lowest BCUT2D eigenvalue weighted by atomic mass is 10.1. The average Bonchev–Trinajstić information content (AvgIpc) is 2.51. The van der Waals surface area contributed by atoms with E-state index < -0.39 is 0 Å². The summed E-state index contributed by atoms with van der Waals surface area (Å²) in [4.78, 5) is 8.71. The van der Waals surface area contributed by atoms with Gasteiger partial charge in [0.2, 0.25) is 5.95 Å². The summed E-state index contributed by atoms with van der Waals surface area (Å²) < 4.78 is 5.23. The SMILES string of the molecule is CCNc1ncc(C)c(NCCc2cccc(OC)c2)n1. The number of ether oxygens (including phenoxy) is 1. The number of nitrogens with zero attached hydrogens (tertiary/aromatic N) is 2. The fraction of sp³-hybridized carbons (Fsp3) is 0.375. The molecule has 0 saturated carbocycles. The third kappa shape index (κ3) is 4.34. The molecule has 0 aliphatic carbocycles. The second-order valence-corrected chi connectivity index (χ2v) is 4.78. The predicted molar refractivity (Wildman–Crippen MR) is 86.1 cm³/mol. The van der Waals surface area contributed by atoms with Gasteiger partial charge in [-0.05, 0) is 38.0 Å². The number of benzene rings is 1. The van der Waals surface area contributed by atoms with Gasteiger partial charge in [-0.25, -0.2) is 4.98 Å². The zero-order chi connectivity index (χ0) is 15.1. The van der Waals surface area contributed by atoms with Gasteiger partial charge in [0, 0.05) is 24.8 Å². The molecule has 0 aliphatic rings. The molecule has 0 aliphatic heterocycles. The first-order valence-corrected chi connectivity index (χ1v) is 7.17. The third-order valence-electron chi connectivity index (χ3n) is 3.15. The van der Waals surface area contributed by atoms with E-state index in [0.29, 0.717) is 5.95 Å². The molecule has 21 heavy (non-hydrogen) atoms. The van der Waals surface area contributed by atoms with Gasteiger partial charge in [-0.1, -0.05) is 12.1 Å². The van der Waals surface area contributed by atoms with E-state index in [1.54, 1.807) is 7.11 Å². The van der Waals surface area contributed by atoms with Gasteiger partial charge in [-0.3, -0.25) is 0 Å². The molecule has 0 saturated heterocycles. The zero-order valence-corrected chi connectivity index (χ0v) is 12.8. The van der Waals surface area contributed by atoms with Crippen molar-refractivity contribution in [3.8, 4) is 5.75 Å². The minimum absolute atomic E-state index is 0.659. The summed E-state index contributed by atoms with van der Waals surface area (Å²) in [5.41, 5.74) is 2.28. The molecule has 112 valence electrons. The van der Waals surface area contributed by atoms with Crippen molar-refractivity contribution in [1.29, 1.82) is 0 Å². The van der Waals surface area contributed by atoms with Crippen molar-refractivity contribution < 1.29 is 4.74 Å². The third-order valence-corrected chi connectivity index (χ3v) is 3.15. The maximum Gasteiger partial charge on any atom is 0.224 e. The van der Waals surface area contributed by atoms with Crippen molar-refractivity contribution in [2.75, 3.05) is 30.8 Å². The molecule has 2 rings (SSSR count). The smallest absolute Gasteiger partial charge is 0.224 e. The predicted octanol–water partition coefficient (Wildman–Crippen LogP) is 2.88. The van der Waals surface area contributed by atoms with Crippen LogP contribution in [0.15, 0.2) is 30.5 Å². The van der Waals surface area contributed by atoms with Crippen molar-refractivity contribution in [3.63, 3.8) is 0 Å². The van der Waals surface area contributed by atoms with Crippen LogP contribution in [0.3, 0.4) is 0 Å². The lowest BCUT2D eigenvalue weighted by Crippen LogP contribution is -2.10. The van der Waals surface area contributed by atoms with Crippen LogP contribution in [0.4, 0.5) is 11.8 Å². The first-order chi connectivity index (χ1) is 10.2. The van der Waals surface area contributed by atoms with E-state index in [-0.39, 0.29) is 0 Å². The van der Waals surface area contributed by atoms with E-state index in [4.69, 9.17) is 4.74 Å². The van der Waals surface area contributed by atoms with Gasteiger partial charge in [0.05, 0.1) is 7.11 Å². The number of hydrogen-bond acceptors (Lipinski definition) is 5. The van der Waals surface area contributed by atoms with E-state index in [9.17, 15) is 0 Å². The van der Waals surface area contributed by atoms with Crippen molar-refractivity contribution in [3.05, 3.63) is 41.6 Å². The highest BCUT2D eigenvalue weighted by Crippen LogP contribution is 2.15. The number of methoxy groups -OCH3 is 1. The Morgan fingerprint density at radius 3 is 2.86 bits per heavy atom. The topological polar surface area (TPSA) is 59.1 Å². The number of aromatic nitrogens is 2. The molecular formula is C16H22N4O. The van der Waals surface area contributed by atoms with Gasteiger partial charge in [0.15, 0.2) is 0 Å². The summed E-state index contributed by atoms with van der Waals surface area (Å²) in [6.45, 7) is 5.66. The molecule has 0 unspecified atom stereocenters. The minimum Gasteiger partial charge on any atom is -0.497 e. The molecule has 5 nitrogen and oxygen atoms in total. The van der Waals surface area contributed by atoms with Crippen LogP contribution in [0.2, 0.25) is 0 Å². The van der Waals surface area contributed by atoms with Gasteiger partial charge in [0.1, 0.15) is 11.6 Å². The van der Waals surface area contributed by atoms with E-state index in [2.05, 4.69) is 32.7 Å². The molecule has 0 atom stereocenters. The Morgan fingerprint density at radius 2 is 2.10 bits per heavy atom. The highest BCUT2D eigenvalue weighted by Gasteiger charge is 2.03. The number of anilines is 2. The minimum atomic E-state index is 0.659. The van der Waals surface area contributed by atoms with E-state index >= 15 is 0 Å². The van der Waals surface area contributed by atoms with Crippen molar-refractivity contribution in [2.45, 2.75) is 20.3 Å². The quantitative estimate of drug-likeness (QED) is 0.819. The van der Waals surface area contributed by atoms with Crippen LogP contribution in [0.1, 0.15) is 18.1 Å². The second-order valence-electron chi connectivity index (χ2n) is 4.78. The fourth-order valence-electron chi connectivity index (χ4n) is 2.02. The van der Waals surface area contributed by atoms with Gasteiger partial charge in [0.25, 0.3) is 0 Å². The van der Waals surface area contributed by atoms with Crippen LogP contribution in [0.5, 0.6) is 5.75 Å². The lowest BCUT2D eigenvalue weighted by molar-refractivity contribution is 0.414. The molecule has 2 N–H and O–H groups in total. The first-order valence-electron chi connectivity index (χ1n) is 7.17.